The maximum atomic E-state index is 6.46. The first-order chi connectivity index (χ1) is 29.7. The second-order valence-corrected chi connectivity index (χ2v) is 17.1. The lowest BCUT2D eigenvalue weighted by molar-refractivity contribution is 0.669. The predicted octanol–water partition coefficient (Wildman–Crippen LogP) is 16.3. The van der Waals surface area contributed by atoms with Crippen LogP contribution in [0.3, 0.4) is 0 Å². The van der Waals surface area contributed by atoms with E-state index < -0.39 is 0 Å². The van der Waals surface area contributed by atoms with Crippen LogP contribution in [-0.4, -0.2) is 4.57 Å². The molecule has 0 N–H and O–H groups in total. The number of fused-ring (bicyclic) bond motifs is 14. The Bertz CT molecular complexity index is 3930. The highest BCUT2D eigenvalue weighted by Crippen LogP contribution is 2.41. The summed E-state index contributed by atoms with van der Waals surface area (Å²) in [7, 11) is 0. The fourth-order valence-electron chi connectivity index (χ4n) is 9.87. The van der Waals surface area contributed by atoms with Gasteiger partial charge in [0.1, 0.15) is 11.2 Å². The predicted molar refractivity (Wildman–Crippen MR) is 258 cm³/mol. The molecule has 10 aromatic carbocycles. The van der Waals surface area contributed by atoms with Crippen molar-refractivity contribution in [3.63, 3.8) is 0 Å². The molecule has 3 heteroatoms. The Morgan fingerprint density at radius 3 is 2.05 bits per heavy atom. The molecule has 2 nitrogen and oxygen atoms in total. The van der Waals surface area contributed by atoms with Crippen LogP contribution in [0.4, 0.5) is 0 Å². The largest absolute Gasteiger partial charge is 0.456 e. The highest BCUT2D eigenvalue weighted by molar-refractivity contribution is 7.25. The maximum absolute atomic E-state index is 6.46. The van der Waals surface area contributed by atoms with Crippen molar-refractivity contribution < 1.29 is 4.42 Å². The normalized spacial score (nSPS) is 12.5. The molecular formula is C57H35NOS. The van der Waals surface area contributed by atoms with Crippen molar-refractivity contribution in [1.82, 2.24) is 4.57 Å². The van der Waals surface area contributed by atoms with Crippen LogP contribution in [0.25, 0.3) is 114 Å². The molecule has 60 heavy (non-hydrogen) atoms. The summed E-state index contributed by atoms with van der Waals surface area (Å²) >= 11 is 1.86. The fourth-order valence-corrected chi connectivity index (χ4v) is 11.0. The van der Waals surface area contributed by atoms with E-state index in [1.165, 1.54) is 102 Å². The molecule has 13 rings (SSSR count). The van der Waals surface area contributed by atoms with Gasteiger partial charge in [-0.15, -0.1) is 11.3 Å². The van der Waals surface area contributed by atoms with Gasteiger partial charge in [-0.2, -0.15) is 0 Å². The molecule has 0 saturated carbocycles. The highest BCUT2D eigenvalue weighted by atomic mass is 32.1. The van der Waals surface area contributed by atoms with Crippen LogP contribution < -0.4 is 0 Å². The van der Waals surface area contributed by atoms with Crippen molar-refractivity contribution >= 4 is 119 Å². The first-order valence-corrected chi connectivity index (χ1v) is 21.4. The van der Waals surface area contributed by atoms with E-state index in [4.69, 9.17) is 4.42 Å². The summed E-state index contributed by atoms with van der Waals surface area (Å²) in [4.78, 5) is 0. The van der Waals surface area contributed by atoms with Crippen molar-refractivity contribution in [2.75, 3.05) is 0 Å². The molecule has 0 saturated heterocycles. The minimum Gasteiger partial charge on any atom is -0.456 e. The Morgan fingerprint density at radius 2 is 1.13 bits per heavy atom. The lowest BCUT2D eigenvalue weighted by atomic mass is 9.91. The molecule has 0 aliphatic carbocycles. The summed E-state index contributed by atoms with van der Waals surface area (Å²) in [5, 5.41) is 15.0. The SMILES string of the molecule is C(=C(\Cc1ccc2c3ccccc3n(-c3ccc4sc5ccccc5c4c3)c2c1)c1cccc2oc3ccccc3c12)/c1ccc2ccc3c4ccccc4ccc3c2c1. The number of para-hydroxylation sites is 2. The molecule has 0 aliphatic heterocycles. The first kappa shape index (κ1) is 33.5. The van der Waals surface area contributed by atoms with Gasteiger partial charge in [-0.05, 0) is 116 Å². The zero-order valence-corrected chi connectivity index (χ0v) is 33.3. The molecular weight excluding hydrogens is 747 g/mol. The van der Waals surface area contributed by atoms with Gasteiger partial charge in [0, 0.05) is 47.4 Å². The minimum absolute atomic E-state index is 0.739. The molecule has 0 fully saturated rings. The number of thiophene rings is 1. The molecule has 0 atom stereocenters. The number of aromatic nitrogens is 1. The summed E-state index contributed by atoms with van der Waals surface area (Å²) in [5.41, 5.74) is 10.3. The Hall–Kier alpha value is -7.46. The van der Waals surface area contributed by atoms with Crippen LogP contribution in [0.5, 0.6) is 0 Å². The van der Waals surface area contributed by atoms with E-state index in [9.17, 15) is 0 Å². The van der Waals surface area contributed by atoms with E-state index in [0.717, 1.165) is 28.4 Å². The molecule has 0 bridgehead atoms. The van der Waals surface area contributed by atoms with E-state index in [0.29, 0.717) is 0 Å². The number of hydrogen-bond donors (Lipinski definition) is 0. The summed E-state index contributed by atoms with van der Waals surface area (Å²) in [6, 6.07) is 71.3. The van der Waals surface area contributed by atoms with Gasteiger partial charge in [-0.1, -0.05) is 146 Å². The topological polar surface area (TPSA) is 18.1 Å². The van der Waals surface area contributed by atoms with Gasteiger partial charge in [0.25, 0.3) is 0 Å². The number of furan rings is 1. The van der Waals surface area contributed by atoms with Gasteiger partial charge in [0.05, 0.1) is 11.0 Å². The van der Waals surface area contributed by atoms with Gasteiger partial charge in [0.15, 0.2) is 0 Å². The van der Waals surface area contributed by atoms with E-state index in [1.807, 2.05) is 11.3 Å². The van der Waals surface area contributed by atoms with Gasteiger partial charge < -0.3 is 8.98 Å². The zero-order valence-electron chi connectivity index (χ0n) is 32.5. The van der Waals surface area contributed by atoms with Gasteiger partial charge >= 0.3 is 0 Å². The standard InChI is InChI=1S/C57H35NOS/c1-2-11-41-37(10-1)23-28-44-43(41)27-24-38-22-20-35(32-49(38)44)30-39(42-15-9-18-54-57(42)48-14-4-7-17-53(48)59-54)31-36-21-26-46-45-12-3-6-16-51(45)58(52(46)33-36)40-25-29-56-50(34-40)47-13-5-8-19-55(47)60-56/h1-30,32-34H,31H2/b39-30-. The third-order valence-electron chi connectivity index (χ3n) is 12.6. The number of allylic oxidation sites excluding steroid dienone is 1. The molecule has 3 aromatic heterocycles. The number of rotatable bonds is 5. The molecule has 3 heterocycles. The molecule has 0 radical (unpaired) electrons. The Balaban J connectivity index is 1.02. The Morgan fingerprint density at radius 1 is 0.450 bits per heavy atom. The van der Waals surface area contributed by atoms with Crippen molar-refractivity contribution in [2.45, 2.75) is 6.42 Å². The Kier molecular flexibility index (Phi) is 7.27. The molecule has 280 valence electrons. The second-order valence-electron chi connectivity index (χ2n) is 16.0. The van der Waals surface area contributed by atoms with Crippen LogP contribution in [0.2, 0.25) is 0 Å². The van der Waals surface area contributed by atoms with Crippen molar-refractivity contribution in [2.24, 2.45) is 0 Å². The average molecular weight is 782 g/mol. The van der Waals surface area contributed by atoms with Crippen LogP contribution >= 0.6 is 11.3 Å². The molecule has 13 aromatic rings. The van der Waals surface area contributed by atoms with Crippen LogP contribution in [-0.2, 0) is 6.42 Å². The molecule has 0 unspecified atom stereocenters. The summed E-state index contributed by atoms with van der Waals surface area (Å²) in [6.07, 6.45) is 3.15. The van der Waals surface area contributed by atoms with Crippen molar-refractivity contribution in [3.8, 4) is 5.69 Å². The van der Waals surface area contributed by atoms with Crippen molar-refractivity contribution in [1.29, 1.82) is 0 Å². The smallest absolute Gasteiger partial charge is 0.136 e. The monoisotopic (exact) mass is 781 g/mol. The van der Waals surface area contributed by atoms with Crippen LogP contribution in [0.1, 0.15) is 16.7 Å². The fraction of sp³-hybridized carbons (Fsp3) is 0.0175. The lowest BCUT2D eigenvalue weighted by Gasteiger charge is -2.13. The number of hydrogen-bond acceptors (Lipinski definition) is 2. The minimum atomic E-state index is 0.739. The van der Waals surface area contributed by atoms with E-state index in [1.54, 1.807) is 0 Å². The van der Waals surface area contributed by atoms with E-state index >= 15 is 0 Å². The summed E-state index contributed by atoms with van der Waals surface area (Å²) in [5.74, 6) is 0. The average Bonchev–Trinajstić information content (AvgIpc) is 3.98. The third-order valence-corrected chi connectivity index (χ3v) is 13.8. The second kappa shape index (κ2) is 13.0. The van der Waals surface area contributed by atoms with Crippen LogP contribution in [0, 0.1) is 0 Å². The summed E-state index contributed by atoms with van der Waals surface area (Å²) < 4.78 is 11.6. The first-order valence-electron chi connectivity index (χ1n) is 20.6. The Labute approximate surface area is 349 Å². The van der Waals surface area contributed by atoms with Gasteiger partial charge in [0.2, 0.25) is 0 Å². The zero-order chi connectivity index (χ0) is 39.3. The third kappa shape index (κ3) is 5.13. The molecule has 0 aliphatic rings. The molecule has 0 spiro atoms. The maximum Gasteiger partial charge on any atom is 0.136 e. The quantitative estimate of drug-likeness (QED) is 0.126. The highest BCUT2D eigenvalue weighted by Gasteiger charge is 2.18. The van der Waals surface area contributed by atoms with Crippen LogP contribution in [0.15, 0.2) is 199 Å². The lowest BCUT2D eigenvalue weighted by Crippen LogP contribution is -1.96. The van der Waals surface area contributed by atoms with Gasteiger partial charge in [-0.3, -0.25) is 0 Å². The van der Waals surface area contributed by atoms with Crippen molar-refractivity contribution in [3.05, 3.63) is 211 Å². The van der Waals surface area contributed by atoms with Gasteiger partial charge in [-0.25, -0.2) is 0 Å². The number of nitrogens with zero attached hydrogens (tertiary/aromatic N) is 1. The van der Waals surface area contributed by atoms with E-state index in [-0.39, 0.29) is 0 Å². The summed E-state index contributed by atoms with van der Waals surface area (Å²) in [6.45, 7) is 0. The number of benzene rings is 10. The van der Waals surface area contributed by atoms with E-state index in [2.05, 4.69) is 205 Å². The molecule has 0 amide bonds.